The lowest BCUT2D eigenvalue weighted by Crippen LogP contribution is -2.45. The highest BCUT2D eigenvalue weighted by Gasteiger charge is 2.31. The largest absolute Gasteiger partial charge is 0.337 e. The summed E-state index contributed by atoms with van der Waals surface area (Å²) in [4.78, 5) is 28.0. The Morgan fingerprint density at radius 3 is 2.58 bits per heavy atom. The van der Waals surface area contributed by atoms with Crippen LogP contribution < -0.4 is 15.5 Å². The second-order valence-corrected chi connectivity index (χ2v) is 6.25. The minimum atomic E-state index is -0.224. The molecule has 1 atom stereocenters. The van der Waals surface area contributed by atoms with Crippen LogP contribution in [0.15, 0.2) is 24.3 Å². The van der Waals surface area contributed by atoms with Gasteiger partial charge < -0.3 is 20.4 Å². The molecule has 1 saturated heterocycles. The number of hydrogen-bond acceptors (Lipinski definition) is 3. The van der Waals surface area contributed by atoms with Crippen molar-refractivity contribution in [3.63, 3.8) is 0 Å². The van der Waals surface area contributed by atoms with Crippen molar-refractivity contribution in [2.75, 3.05) is 37.6 Å². The Morgan fingerprint density at radius 1 is 1.29 bits per heavy atom. The van der Waals surface area contributed by atoms with Crippen molar-refractivity contribution in [1.82, 2.24) is 15.5 Å². The number of rotatable bonds is 7. The zero-order valence-electron chi connectivity index (χ0n) is 14.2. The van der Waals surface area contributed by atoms with Crippen LogP contribution in [0.2, 0.25) is 5.02 Å². The first-order valence-electron chi connectivity index (χ1n) is 8.36. The molecule has 24 heavy (non-hydrogen) atoms. The van der Waals surface area contributed by atoms with E-state index in [-0.39, 0.29) is 18.0 Å². The second-order valence-electron chi connectivity index (χ2n) is 5.81. The highest BCUT2D eigenvalue weighted by molar-refractivity contribution is 6.30. The van der Waals surface area contributed by atoms with Crippen LogP contribution in [-0.2, 0) is 4.79 Å². The van der Waals surface area contributed by atoms with Crippen LogP contribution in [0.5, 0.6) is 0 Å². The molecule has 1 heterocycles. The predicted molar refractivity (Wildman–Crippen MR) is 96.5 cm³/mol. The topological polar surface area (TPSA) is 64.7 Å². The molecular weight excluding hydrogens is 328 g/mol. The first-order chi connectivity index (χ1) is 11.5. The fraction of sp³-hybridized carbons (Fsp3) is 0.529. The molecule has 7 heteroatoms. The van der Waals surface area contributed by atoms with Crippen LogP contribution in [0.4, 0.5) is 10.5 Å². The van der Waals surface area contributed by atoms with Gasteiger partial charge in [0.05, 0.1) is 6.04 Å². The summed E-state index contributed by atoms with van der Waals surface area (Å²) in [6.07, 6.45) is 0.312. The van der Waals surface area contributed by atoms with E-state index in [9.17, 15) is 9.59 Å². The third-order valence-corrected chi connectivity index (χ3v) is 4.46. The molecule has 0 radical (unpaired) electrons. The number of carbonyl (C=O) groups excluding carboxylic acids is 2. The summed E-state index contributed by atoms with van der Waals surface area (Å²) in [6.45, 7) is 8.01. The van der Waals surface area contributed by atoms with E-state index in [1.807, 2.05) is 12.1 Å². The average molecular weight is 353 g/mol. The molecule has 0 aliphatic carbocycles. The molecule has 6 nitrogen and oxygen atoms in total. The smallest absolute Gasteiger partial charge is 0.315 e. The lowest BCUT2D eigenvalue weighted by molar-refractivity contribution is -0.117. The number of anilines is 1. The van der Waals surface area contributed by atoms with Crippen LogP contribution in [0.1, 0.15) is 20.3 Å². The average Bonchev–Trinajstić information content (AvgIpc) is 2.92. The molecule has 1 aliphatic heterocycles. The first-order valence-corrected chi connectivity index (χ1v) is 8.74. The number of amides is 3. The van der Waals surface area contributed by atoms with Gasteiger partial charge in [-0.25, -0.2) is 4.79 Å². The highest BCUT2D eigenvalue weighted by atomic mass is 35.5. The van der Waals surface area contributed by atoms with E-state index in [1.165, 1.54) is 0 Å². The molecule has 2 N–H and O–H groups in total. The quantitative estimate of drug-likeness (QED) is 0.789. The Kier molecular flexibility index (Phi) is 6.87. The minimum absolute atomic E-state index is 0.00534. The monoisotopic (exact) mass is 352 g/mol. The van der Waals surface area contributed by atoms with Crippen LogP contribution in [0, 0.1) is 0 Å². The lowest BCUT2D eigenvalue weighted by atomic mass is 10.2. The van der Waals surface area contributed by atoms with Gasteiger partial charge in [-0.05, 0) is 37.4 Å². The third-order valence-electron chi connectivity index (χ3n) is 4.21. The summed E-state index contributed by atoms with van der Waals surface area (Å²) in [5, 5.41) is 6.35. The summed E-state index contributed by atoms with van der Waals surface area (Å²) < 4.78 is 0. The van der Waals surface area contributed by atoms with Gasteiger partial charge in [0.25, 0.3) is 0 Å². The van der Waals surface area contributed by atoms with E-state index in [0.717, 1.165) is 25.3 Å². The molecular formula is C17H25ClN4O2. The van der Waals surface area contributed by atoms with Gasteiger partial charge in [0, 0.05) is 36.8 Å². The van der Waals surface area contributed by atoms with Crippen LogP contribution in [-0.4, -0.2) is 55.6 Å². The van der Waals surface area contributed by atoms with Crippen LogP contribution >= 0.6 is 11.6 Å². The van der Waals surface area contributed by atoms with Gasteiger partial charge in [-0.2, -0.15) is 0 Å². The number of hydrogen-bond donors (Lipinski definition) is 2. The van der Waals surface area contributed by atoms with Gasteiger partial charge in [-0.3, -0.25) is 4.79 Å². The SMILES string of the molecule is CCN(CC)CCNC(=O)N[C@@H]1CC(=O)N(c2ccc(Cl)cc2)C1. The van der Waals surface area contributed by atoms with Crippen LogP contribution in [0.3, 0.4) is 0 Å². The van der Waals surface area contributed by atoms with Gasteiger partial charge in [-0.1, -0.05) is 25.4 Å². The molecule has 2 rings (SSSR count). The number of nitrogens with one attached hydrogen (secondary N) is 2. The summed E-state index contributed by atoms with van der Waals surface area (Å²) in [7, 11) is 0. The molecule has 3 amide bonds. The molecule has 0 unspecified atom stereocenters. The Bertz CT molecular complexity index is 560. The number of likely N-dealkylation sites (N-methyl/N-ethyl adjacent to an activating group) is 1. The Morgan fingerprint density at radius 2 is 1.96 bits per heavy atom. The van der Waals surface area contributed by atoms with Crippen molar-refractivity contribution in [3.05, 3.63) is 29.3 Å². The van der Waals surface area contributed by atoms with Crippen molar-refractivity contribution in [2.24, 2.45) is 0 Å². The van der Waals surface area contributed by atoms with Crippen molar-refractivity contribution in [3.8, 4) is 0 Å². The maximum absolute atomic E-state index is 12.1. The summed E-state index contributed by atoms with van der Waals surface area (Å²) >= 11 is 5.87. The normalized spacial score (nSPS) is 17.4. The number of halogens is 1. The van der Waals surface area contributed by atoms with Crippen molar-refractivity contribution >= 4 is 29.2 Å². The van der Waals surface area contributed by atoms with Gasteiger partial charge in [0.1, 0.15) is 0 Å². The van der Waals surface area contributed by atoms with Crippen molar-refractivity contribution in [2.45, 2.75) is 26.3 Å². The number of benzene rings is 1. The van der Waals surface area contributed by atoms with Gasteiger partial charge >= 0.3 is 6.03 Å². The first kappa shape index (κ1) is 18.5. The van der Waals surface area contributed by atoms with E-state index in [4.69, 9.17) is 11.6 Å². The fourth-order valence-corrected chi connectivity index (χ4v) is 2.90. The molecule has 0 aromatic heterocycles. The predicted octanol–water partition coefficient (Wildman–Crippen LogP) is 2.09. The third kappa shape index (κ3) is 5.11. The zero-order chi connectivity index (χ0) is 17.5. The van der Waals surface area contributed by atoms with Crippen LogP contribution in [0.25, 0.3) is 0 Å². The standard InChI is InChI=1S/C17H25ClN4O2/c1-3-21(4-2)10-9-19-17(24)20-14-11-16(23)22(12-14)15-7-5-13(18)6-8-15/h5-8,14H,3-4,9-12H2,1-2H3,(H2,19,20,24)/t14-/m1/s1. The molecule has 0 bridgehead atoms. The molecule has 132 valence electrons. The number of carbonyl (C=O) groups is 2. The molecule has 0 saturated carbocycles. The van der Waals surface area contributed by atoms with Crippen molar-refractivity contribution < 1.29 is 9.59 Å². The molecule has 1 aromatic carbocycles. The molecule has 1 aromatic rings. The minimum Gasteiger partial charge on any atom is -0.337 e. The molecule has 1 aliphatic rings. The van der Waals surface area contributed by atoms with Gasteiger partial charge in [0.2, 0.25) is 5.91 Å². The Balaban J connectivity index is 1.79. The summed E-state index contributed by atoms with van der Waals surface area (Å²) in [5.74, 6) is 0.00534. The maximum Gasteiger partial charge on any atom is 0.315 e. The Hall–Kier alpha value is -1.79. The summed E-state index contributed by atoms with van der Waals surface area (Å²) in [5.41, 5.74) is 0.802. The fourth-order valence-electron chi connectivity index (χ4n) is 2.78. The van der Waals surface area contributed by atoms with E-state index < -0.39 is 0 Å². The number of nitrogens with zero attached hydrogens (tertiary/aromatic N) is 2. The van der Waals surface area contributed by atoms with E-state index >= 15 is 0 Å². The van der Waals surface area contributed by atoms with E-state index in [0.29, 0.717) is 24.5 Å². The van der Waals surface area contributed by atoms with Crippen molar-refractivity contribution in [1.29, 1.82) is 0 Å². The van der Waals surface area contributed by atoms with Gasteiger partial charge in [0.15, 0.2) is 0 Å². The van der Waals surface area contributed by atoms with E-state index in [2.05, 4.69) is 29.4 Å². The number of urea groups is 1. The lowest BCUT2D eigenvalue weighted by Gasteiger charge is -2.19. The molecule has 0 spiro atoms. The highest BCUT2D eigenvalue weighted by Crippen LogP contribution is 2.23. The Labute approximate surface area is 148 Å². The second kappa shape index (κ2) is 8.89. The zero-order valence-corrected chi connectivity index (χ0v) is 15.0. The maximum atomic E-state index is 12.1. The molecule has 1 fully saturated rings. The van der Waals surface area contributed by atoms with Gasteiger partial charge in [-0.15, -0.1) is 0 Å². The van der Waals surface area contributed by atoms with E-state index in [1.54, 1.807) is 17.0 Å². The summed E-state index contributed by atoms with van der Waals surface area (Å²) in [6, 6.07) is 6.73.